The Kier molecular flexibility index (Phi) is 5.64. The second kappa shape index (κ2) is 7.31. The zero-order valence-corrected chi connectivity index (χ0v) is 14.8. The third-order valence-corrected chi connectivity index (χ3v) is 4.17. The van der Waals surface area contributed by atoms with Gasteiger partial charge in [0, 0.05) is 50.5 Å². The molecule has 1 aromatic heterocycles. The normalized spacial score (nSPS) is 22.8. The first-order chi connectivity index (χ1) is 10.8. The first kappa shape index (κ1) is 17.7. The van der Waals surface area contributed by atoms with E-state index in [0.29, 0.717) is 13.1 Å². The van der Waals surface area contributed by atoms with E-state index in [9.17, 15) is 4.79 Å². The van der Waals surface area contributed by atoms with Crippen LogP contribution in [0.4, 0.5) is 4.79 Å². The largest absolute Gasteiger partial charge is 0.373 e. The number of hydrogen-bond acceptors (Lipinski definition) is 4. The van der Waals surface area contributed by atoms with Gasteiger partial charge in [0.2, 0.25) is 0 Å². The molecule has 2 rings (SSSR count). The molecule has 0 spiro atoms. The molecule has 1 aromatic rings. The summed E-state index contributed by atoms with van der Waals surface area (Å²) in [5.41, 5.74) is 0.871. The summed E-state index contributed by atoms with van der Waals surface area (Å²) in [5.74, 6) is 0. The fourth-order valence-corrected chi connectivity index (χ4v) is 2.89. The number of hydrogen-bond donors (Lipinski definition) is 2. The zero-order valence-electron chi connectivity index (χ0n) is 14.8. The van der Waals surface area contributed by atoms with Crippen LogP contribution in [0.1, 0.15) is 33.3 Å². The van der Waals surface area contributed by atoms with E-state index >= 15 is 0 Å². The number of aryl methyl sites for hydroxylation is 1. The summed E-state index contributed by atoms with van der Waals surface area (Å²) in [6, 6.07) is -0.156. The van der Waals surface area contributed by atoms with Crippen molar-refractivity contribution in [3.8, 4) is 0 Å². The van der Waals surface area contributed by atoms with E-state index in [-0.39, 0.29) is 23.8 Å². The van der Waals surface area contributed by atoms with Crippen LogP contribution < -0.4 is 10.6 Å². The van der Waals surface area contributed by atoms with Crippen LogP contribution in [0.5, 0.6) is 0 Å². The van der Waals surface area contributed by atoms with Gasteiger partial charge in [-0.05, 0) is 27.7 Å². The minimum Gasteiger partial charge on any atom is -0.373 e. The van der Waals surface area contributed by atoms with Crippen molar-refractivity contribution >= 4 is 6.03 Å². The fraction of sp³-hybridized carbons (Fsp3) is 0.750. The molecule has 1 aliphatic rings. The molecule has 0 radical (unpaired) electrons. The van der Waals surface area contributed by atoms with Gasteiger partial charge in [0.05, 0.1) is 18.4 Å². The number of aromatic nitrogens is 2. The van der Waals surface area contributed by atoms with Gasteiger partial charge in [-0.3, -0.25) is 9.58 Å². The van der Waals surface area contributed by atoms with E-state index in [1.165, 1.54) is 0 Å². The van der Waals surface area contributed by atoms with Gasteiger partial charge in [-0.15, -0.1) is 0 Å². The molecule has 1 aliphatic heterocycles. The Bertz CT molecular complexity index is 518. The average Bonchev–Trinajstić information content (AvgIpc) is 2.88. The molecule has 2 amide bonds. The molecular formula is C16H29N5O2. The van der Waals surface area contributed by atoms with Gasteiger partial charge < -0.3 is 15.4 Å². The summed E-state index contributed by atoms with van der Waals surface area (Å²) < 4.78 is 7.50. The van der Waals surface area contributed by atoms with Gasteiger partial charge in [-0.2, -0.15) is 5.10 Å². The van der Waals surface area contributed by atoms with Crippen molar-refractivity contribution in [1.82, 2.24) is 25.3 Å². The van der Waals surface area contributed by atoms with E-state index in [2.05, 4.69) is 48.3 Å². The number of nitrogens with zero attached hydrogens (tertiary/aromatic N) is 3. The van der Waals surface area contributed by atoms with Gasteiger partial charge in [-0.1, -0.05) is 0 Å². The van der Waals surface area contributed by atoms with Crippen LogP contribution in [0.25, 0.3) is 0 Å². The number of carbonyl (C=O) groups is 1. The molecule has 0 aliphatic carbocycles. The molecule has 130 valence electrons. The Labute approximate surface area is 138 Å². The van der Waals surface area contributed by atoms with E-state index in [1.807, 2.05) is 13.2 Å². The molecule has 2 unspecified atom stereocenters. The highest BCUT2D eigenvalue weighted by Crippen LogP contribution is 2.20. The molecule has 0 saturated carbocycles. The van der Waals surface area contributed by atoms with Crippen molar-refractivity contribution in [2.24, 2.45) is 7.05 Å². The van der Waals surface area contributed by atoms with Crippen LogP contribution >= 0.6 is 0 Å². The Hall–Kier alpha value is -1.60. The molecule has 7 heteroatoms. The second-order valence-corrected chi connectivity index (χ2v) is 7.03. The third kappa shape index (κ3) is 5.21. The highest BCUT2D eigenvalue weighted by Gasteiger charge is 2.33. The van der Waals surface area contributed by atoms with E-state index in [1.54, 1.807) is 10.9 Å². The summed E-state index contributed by atoms with van der Waals surface area (Å²) in [4.78, 5) is 14.4. The summed E-state index contributed by atoms with van der Waals surface area (Å²) >= 11 is 0. The molecule has 1 saturated heterocycles. The number of ether oxygens (including phenoxy) is 1. The highest BCUT2D eigenvalue weighted by atomic mass is 16.5. The SMILES string of the molecule is CC1CN(C(C)(C)CNC(=O)NCc2cnn(C)c2)CC(C)O1. The van der Waals surface area contributed by atoms with Crippen LogP contribution in [-0.2, 0) is 18.3 Å². The van der Waals surface area contributed by atoms with Crippen molar-refractivity contribution in [2.45, 2.75) is 52.0 Å². The summed E-state index contributed by atoms with van der Waals surface area (Å²) in [6.45, 7) is 11.3. The van der Waals surface area contributed by atoms with E-state index in [0.717, 1.165) is 18.7 Å². The average molecular weight is 323 g/mol. The van der Waals surface area contributed by atoms with E-state index in [4.69, 9.17) is 4.74 Å². The van der Waals surface area contributed by atoms with Crippen LogP contribution in [0.2, 0.25) is 0 Å². The van der Waals surface area contributed by atoms with Crippen LogP contribution in [0.3, 0.4) is 0 Å². The summed E-state index contributed by atoms with van der Waals surface area (Å²) in [6.07, 6.45) is 4.08. The standard InChI is InChI=1S/C16H29N5O2/c1-12-8-21(9-13(2)23-12)16(3,4)11-18-15(22)17-6-14-7-19-20(5)10-14/h7,10,12-13H,6,8-9,11H2,1-5H3,(H2,17,18,22). The van der Waals surface area contributed by atoms with Gasteiger partial charge in [-0.25, -0.2) is 4.79 Å². The Balaban J connectivity index is 1.77. The number of urea groups is 1. The van der Waals surface area contributed by atoms with Gasteiger partial charge in [0.15, 0.2) is 0 Å². The smallest absolute Gasteiger partial charge is 0.315 e. The molecule has 0 bridgehead atoms. The van der Waals surface area contributed by atoms with E-state index < -0.39 is 0 Å². The second-order valence-electron chi connectivity index (χ2n) is 7.03. The lowest BCUT2D eigenvalue weighted by Crippen LogP contribution is -2.59. The Morgan fingerprint density at radius 2 is 2.00 bits per heavy atom. The molecular weight excluding hydrogens is 294 g/mol. The lowest BCUT2D eigenvalue weighted by molar-refractivity contribution is -0.0947. The number of amides is 2. The third-order valence-electron chi connectivity index (χ3n) is 4.17. The molecule has 7 nitrogen and oxygen atoms in total. The number of nitrogens with one attached hydrogen (secondary N) is 2. The van der Waals surface area contributed by atoms with Crippen LogP contribution in [0.15, 0.2) is 12.4 Å². The first-order valence-electron chi connectivity index (χ1n) is 8.16. The van der Waals surface area contributed by atoms with Gasteiger partial charge in [0.25, 0.3) is 0 Å². The lowest BCUT2D eigenvalue weighted by atomic mass is 10.00. The molecule has 2 N–H and O–H groups in total. The minimum absolute atomic E-state index is 0.113. The highest BCUT2D eigenvalue weighted by molar-refractivity contribution is 5.73. The maximum absolute atomic E-state index is 12.0. The van der Waals surface area contributed by atoms with Gasteiger partial charge >= 0.3 is 6.03 Å². The lowest BCUT2D eigenvalue weighted by Gasteiger charge is -2.45. The topological polar surface area (TPSA) is 71.4 Å². The van der Waals surface area contributed by atoms with Crippen molar-refractivity contribution in [3.05, 3.63) is 18.0 Å². The quantitative estimate of drug-likeness (QED) is 0.851. The molecule has 23 heavy (non-hydrogen) atoms. The molecule has 2 atom stereocenters. The molecule has 1 fully saturated rings. The zero-order chi connectivity index (χ0) is 17.0. The number of morpholine rings is 1. The van der Waals surface area contributed by atoms with Crippen LogP contribution in [0, 0.1) is 0 Å². The maximum atomic E-state index is 12.0. The van der Waals surface area contributed by atoms with Gasteiger partial charge in [0.1, 0.15) is 0 Å². The first-order valence-corrected chi connectivity index (χ1v) is 8.16. The summed E-state index contributed by atoms with van der Waals surface area (Å²) in [7, 11) is 1.86. The summed E-state index contributed by atoms with van der Waals surface area (Å²) in [5, 5.41) is 9.91. The fourth-order valence-electron chi connectivity index (χ4n) is 2.89. The maximum Gasteiger partial charge on any atom is 0.315 e. The Morgan fingerprint density at radius 3 is 2.57 bits per heavy atom. The monoisotopic (exact) mass is 323 g/mol. The predicted molar refractivity (Wildman–Crippen MR) is 89.1 cm³/mol. The Morgan fingerprint density at radius 1 is 1.35 bits per heavy atom. The molecule has 2 heterocycles. The minimum atomic E-state index is -0.156. The van der Waals surface area contributed by atoms with Crippen molar-refractivity contribution < 1.29 is 9.53 Å². The van der Waals surface area contributed by atoms with Crippen LogP contribution in [-0.4, -0.2) is 58.1 Å². The van der Waals surface area contributed by atoms with Crippen molar-refractivity contribution in [3.63, 3.8) is 0 Å². The molecule has 0 aromatic carbocycles. The predicted octanol–water partition coefficient (Wildman–Crippen LogP) is 1.11. The van der Waals surface area contributed by atoms with Crippen molar-refractivity contribution in [1.29, 1.82) is 0 Å². The number of carbonyl (C=O) groups excluding carboxylic acids is 1. The van der Waals surface area contributed by atoms with Crippen molar-refractivity contribution in [2.75, 3.05) is 19.6 Å². The number of rotatable bonds is 5.